The lowest BCUT2D eigenvalue weighted by atomic mass is 9.79. The molecule has 0 aliphatic carbocycles. The highest BCUT2D eigenvalue weighted by Gasteiger charge is 2.50. The Hall–Kier alpha value is -1.14. The van der Waals surface area contributed by atoms with Crippen LogP contribution in [0.25, 0.3) is 0 Å². The molecule has 0 aromatic rings. The molecule has 1 heterocycles. The van der Waals surface area contributed by atoms with E-state index in [2.05, 4.69) is 0 Å². The van der Waals surface area contributed by atoms with Gasteiger partial charge in [0.2, 0.25) is 0 Å². The summed E-state index contributed by atoms with van der Waals surface area (Å²) in [5.41, 5.74) is -1.05. The molecule has 1 rings (SSSR count). The highest BCUT2D eigenvalue weighted by molar-refractivity contribution is 5.84. The third-order valence-corrected chi connectivity index (χ3v) is 3.76. The van der Waals surface area contributed by atoms with Crippen LogP contribution >= 0.6 is 0 Å². The van der Waals surface area contributed by atoms with Gasteiger partial charge < -0.3 is 19.7 Å². The first-order valence-electron chi connectivity index (χ1n) is 6.69. The van der Waals surface area contributed by atoms with Crippen molar-refractivity contribution in [2.45, 2.75) is 65.0 Å². The lowest BCUT2D eigenvalue weighted by Crippen LogP contribution is -2.54. The molecular weight excluding hydrogens is 252 g/mol. The fraction of sp³-hybridized carbons (Fsp3) is 0.846. The molecule has 19 heavy (non-hydrogen) atoms. The van der Waals surface area contributed by atoms with Crippen molar-refractivity contribution in [2.75, 3.05) is 0 Å². The standard InChI is InChI=1S/C13H22O6/c1-4-7-9-13(16,17)19-11(15)12(5-2,6-3)8-10(14)18-9/h9,16-17H,4-8H2,1-3H3. The number of hydrogen-bond acceptors (Lipinski definition) is 6. The molecule has 0 saturated carbocycles. The Morgan fingerprint density at radius 2 is 1.79 bits per heavy atom. The normalized spacial score (nSPS) is 26.1. The van der Waals surface area contributed by atoms with Gasteiger partial charge in [0.05, 0.1) is 11.8 Å². The highest BCUT2D eigenvalue weighted by atomic mass is 16.8. The largest absolute Gasteiger partial charge is 0.452 e. The number of ether oxygens (including phenoxy) is 2. The molecule has 1 saturated heterocycles. The molecule has 1 aliphatic heterocycles. The summed E-state index contributed by atoms with van der Waals surface area (Å²) in [6.45, 7) is 5.30. The van der Waals surface area contributed by atoms with E-state index in [1.165, 1.54) is 0 Å². The monoisotopic (exact) mass is 274 g/mol. The lowest BCUT2D eigenvalue weighted by molar-refractivity contribution is -0.366. The van der Waals surface area contributed by atoms with Crippen molar-refractivity contribution >= 4 is 11.9 Å². The maximum atomic E-state index is 12.1. The van der Waals surface area contributed by atoms with E-state index in [-0.39, 0.29) is 12.8 Å². The molecule has 0 bridgehead atoms. The summed E-state index contributed by atoms with van der Waals surface area (Å²) < 4.78 is 9.82. The van der Waals surface area contributed by atoms with Crippen molar-refractivity contribution in [3.63, 3.8) is 0 Å². The van der Waals surface area contributed by atoms with Crippen LogP contribution in [0, 0.1) is 5.41 Å². The zero-order valence-electron chi connectivity index (χ0n) is 11.6. The molecular formula is C13H22O6. The van der Waals surface area contributed by atoms with E-state index in [1.807, 2.05) is 0 Å². The molecule has 1 aliphatic rings. The SMILES string of the molecule is CCCC1OC(=O)CC(CC)(CC)C(=O)OC1(O)O. The fourth-order valence-corrected chi connectivity index (χ4v) is 2.23. The van der Waals surface area contributed by atoms with Crippen LogP contribution in [0.3, 0.4) is 0 Å². The Morgan fingerprint density at radius 3 is 2.26 bits per heavy atom. The zero-order valence-corrected chi connectivity index (χ0v) is 11.6. The van der Waals surface area contributed by atoms with Crippen LogP contribution in [0.1, 0.15) is 52.9 Å². The second-order valence-electron chi connectivity index (χ2n) is 4.98. The maximum Gasteiger partial charge on any atom is 0.363 e. The maximum absolute atomic E-state index is 12.1. The van der Waals surface area contributed by atoms with Crippen molar-refractivity contribution in [1.82, 2.24) is 0 Å². The van der Waals surface area contributed by atoms with Gasteiger partial charge in [0.1, 0.15) is 0 Å². The Labute approximate surface area is 112 Å². The minimum absolute atomic E-state index is 0.102. The number of aliphatic hydroxyl groups is 2. The molecule has 0 aromatic carbocycles. The van der Waals surface area contributed by atoms with E-state index in [4.69, 9.17) is 9.47 Å². The summed E-state index contributed by atoms with van der Waals surface area (Å²) in [4.78, 5) is 23.9. The Kier molecular flexibility index (Phi) is 4.92. The predicted octanol–water partition coefficient (Wildman–Crippen LogP) is 1.09. The molecule has 110 valence electrons. The number of rotatable bonds is 4. The summed E-state index contributed by atoms with van der Waals surface area (Å²) in [5, 5.41) is 19.6. The van der Waals surface area contributed by atoms with Crippen molar-refractivity contribution in [2.24, 2.45) is 5.41 Å². The van der Waals surface area contributed by atoms with E-state index in [0.29, 0.717) is 19.3 Å². The van der Waals surface area contributed by atoms with E-state index < -0.39 is 29.4 Å². The van der Waals surface area contributed by atoms with Crippen LogP contribution in [0.2, 0.25) is 0 Å². The van der Waals surface area contributed by atoms with Crippen LogP contribution in [-0.4, -0.2) is 34.2 Å². The first-order valence-corrected chi connectivity index (χ1v) is 6.69. The van der Waals surface area contributed by atoms with Gasteiger partial charge in [0.25, 0.3) is 0 Å². The van der Waals surface area contributed by atoms with Gasteiger partial charge in [-0.2, -0.15) is 0 Å². The van der Waals surface area contributed by atoms with E-state index in [9.17, 15) is 19.8 Å². The van der Waals surface area contributed by atoms with Gasteiger partial charge in [-0.1, -0.05) is 27.2 Å². The number of hydrogen-bond donors (Lipinski definition) is 2. The van der Waals surface area contributed by atoms with Crippen molar-refractivity contribution in [1.29, 1.82) is 0 Å². The van der Waals surface area contributed by atoms with Crippen molar-refractivity contribution < 1.29 is 29.3 Å². The van der Waals surface area contributed by atoms with Crippen LogP contribution in [0.4, 0.5) is 0 Å². The quantitative estimate of drug-likeness (QED) is 0.589. The average Bonchev–Trinajstić information content (AvgIpc) is 2.33. The predicted molar refractivity (Wildman–Crippen MR) is 65.7 cm³/mol. The number of carbonyl (C=O) groups is 2. The average molecular weight is 274 g/mol. The molecule has 2 N–H and O–H groups in total. The summed E-state index contributed by atoms with van der Waals surface area (Å²) in [7, 11) is 0. The van der Waals surface area contributed by atoms with Gasteiger partial charge in [-0.3, -0.25) is 9.59 Å². The summed E-state index contributed by atoms with van der Waals surface area (Å²) in [5.74, 6) is -4.13. The van der Waals surface area contributed by atoms with E-state index in [1.54, 1.807) is 20.8 Å². The summed E-state index contributed by atoms with van der Waals surface area (Å²) in [6, 6.07) is 0. The van der Waals surface area contributed by atoms with Gasteiger partial charge in [-0.25, -0.2) is 0 Å². The molecule has 0 spiro atoms. The molecule has 6 nitrogen and oxygen atoms in total. The van der Waals surface area contributed by atoms with Gasteiger partial charge in [-0.15, -0.1) is 0 Å². The molecule has 0 radical (unpaired) electrons. The molecule has 0 amide bonds. The van der Waals surface area contributed by atoms with Crippen molar-refractivity contribution in [3.8, 4) is 0 Å². The second kappa shape index (κ2) is 5.88. The highest BCUT2D eigenvalue weighted by Crippen LogP contribution is 2.37. The third kappa shape index (κ3) is 3.25. The number of carbonyl (C=O) groups excluding carboxylic acids is 2. The Morgan fingerprint density at radius 1 is 1.21 bits per heavy atom. The Bertz CT molecular complexity index is 345. The second-order valence-corrected chi connectivity index (χ2v) is 4.98. The van der Waals surface area contributed by atoms with Gasteiger partial charge >= 0.3 is 17.9 Å². The number of esters is 2. The van der Waals surface area contributed by atoms with E-state index in [0.717, 1.165) is 0 Å². The van der Waals surface area contributed by atoms with Crippen LogP contribution < -0.4 is 0 Å². The summed E-state index contributed by atoms with van der Waals surface area (Å²) >= 11 is 0. The third-order valence-electron chi connectivity index (χ3n) is 3.76. The van der Waals surface area contributed by atoms with Crippen LogP contribution in [0.5, 0.6) is 0 Å². The lowest BCUT2D eigenvalue weighted by Gasteiger charge is -2.38. The first-order chi connectivity index (χ1) is 8.81. The molecule has 0 aromatic heterocycles. The van der Waals surface area contributed by atoms with Crippen molar-refractivity contribution in [3.05, 3.63) is 0 Å². The zero-order chi connectivity index (χ0) is 14.7. The topological polar surface area (TPSA) is 93.1 Å². The number of cyclic esters (lactones) is 2. The minimum atomic E-state index is -2.77. The van der Waals surface area contributed by atoms with Gasteiger partial charge in [0, 0.05) is 0 Å². The smallest absolute Gasteiger partial charge is 0.363 e. The fourth-order valence-electron chi connectivity index (χ4n) is 2.23. The van der Waals surface area contributed by atoms with Gasteiger partial charge in [0.15, 0.2) is 6.10 Å². The van der Waals surface area contributed by atoms with Crippen LogP contribution in [-0.2, 0) is 19.1 Å². The summed E-state index contributed by atoms with van der Waals surface area (Å²) in [6.07, 6.45) is 0.149. The molecule has 6 heteroatoms. The molecule has 1 fully saturated rings. The van der Waals surface area contributed by atoms with Crippen LogP contribution in [0.15, 0.2) is 0 Å². The first kappa shape index (κ1) is 15.9. The minimum Gasteiger partial charge on any atom is -0.452 e. The molecule has 1 atom stereocenters. The molecule has 1 unspecified atom stereocenters. The van der Waals surface area contributed by atoms with E-state index >= 15 is 0 Å². The van der Waals surface area contributed by atoms with Gasteiger partial charge in [-0.05, 0) is 19.3 Å². The Balaban J connectivity index is 3.06.